The summed E-state index contributed by atoms with van der Waals surface area (Å²) in [6.07, 6.45) is 1.80. The van der Waals surface area contributed by atoms with E-state index in [-0.39, 0.29) is 17.6 Å². The molecular formula is C29H32F3N9O2. The molecule has 6 rings (SSSR count). The molecule has 2 aliphatic rings. The Balaban J connectivity index is 1.16. The molecule has 1 N–H and O–H groups in total. The van der Waals surface area contributed by atoms with Crippen molar-refractivity contribution >= 4 is 17.8 Å². The quantitative estimate of drug-likeness (QED) is 0.260. The highest BCUT2D eigenvalue weighted by atomic mass is 19.4. The number of H-pyrrole nitrogens is 1. The number of aromatic nitrogens is 7. The van der Waals surface area contributed by atoms with Crippen molar-refractivity contribution in [2.24, 2.45) is 4.99 Å². The lowest BCUT2D eigenvalue weighted by molar-refractivity contribution is -0.144. The van der Waals surface area contributed by atoms with Gasteiger partial charge in [-0.3, -0.25) is 20.0 Å². The zero-order valence-corrected chi connectivity index (χ0v) is 23.7. The summed E-state index contributed by atoms with van der Waals surface area (Å²) in [5.74, 6) is 0.455. The number of aliphatic imine (C=N–C) groups is 1. The molecule has 2 aliphatic heterocycles. The van der Waals surface area contributed by atoms with E-state index in [2.05, 4.69) is 36.2 Å². The summed E-state index contributed by atoms with van der Waals surface area (Å²) in [5, 5.41) is 5.66. The van der Waals surface area contributed by atoms with Crippen LogP contribution in [-0.4, -0.2) is 78.7 Å². The summed E-state index contributed by atoms with van der Waals surface area (Å²) in [5.41, 5.74) is 3.42. The first-order valence-electron chi connectivity index (χ1n) is 14.2. The van der Waals surface area contributed by atoms with E-state index < -0.39 is 12.0 Å². The van der Waals surface area contributed by atoms with Crippen molar-refractivity contribution in [1.82, 2.24) is 39.6 Å². The number of imidazole rings is 1. The van der Waals surface area contributed by atoms with E-state index in [1.807, 2.05) is 36.3 Å². The Morgan fingerprint density at radius 1 is 1.21 bits per heavy atom. The standard InChI is InChI=1S/C29H32F3N9O2/c1-3-19(33-2)17-43-26-6-4-5-21(36-26)18-7-10-40(11-8-18)16-25-35-22-13-23(27-37-28(39-38-27)29(30,31)32)34-14-24(22)41(25)15-20-9-12-42-20/h3-6,13-14,18,20H,2,7-12,15-17H2,1H3,(H,37,38,39)/b19-3-/t20-/m0/s1. The average molecular weight is 596 g/mol. The average Bonchev–Trinajstić information content (AvgIpc) is 3.61. The SMILES string of the molecule is C=N/C(=C\C)COc1cccc(C2CCN(Cc3nc4cc(-c5n[nH]c(C(F)(F)F)n5)ncc4n3C[C@@H]3CCO3)CC2)n1. The van der Waals surface area contributed by atoms with Gasteiger partial charge in [-0.2, -0.15) is 18.3 Å². The number of rotatable bonds is 10. The minimum Gasteiger partial charge on any atom is -0.471 e. The van der Waals surface area contributed by atoms with E-state index in [1.165, 1.54) is 0 Å². The summed E-state index contributed by atoms with van der Waals surface area (Å²) in [4.78, 5) is 23.9. The van der Waals surface area contributed by atoms with Crippen molar-refractivity contribution in [3.05, 3.63) is 59.6 Å². The first kappa shape index (κ1) is 28.9. The number of ether oxygens (including phenoxy) is 2. The predicted molar refractivity (Wildman–Crippen MR) is 153 cm³/mol. The summed E-state index contributed by atoms with van der Waals surface area (Å²) in [6.45, 7) is 9.50. The van der Waals surface area contributed by atoms with Crippen LogP contribution in [-0.2, 0) is 24.0 Å². The molecule has 14 heteroatoms. The number of pyridine rings is 2. The maximum atomic E-state index is 13.0. The molecule has 0 bridgehead atoms. The first-order chi connectivity index (χ1) is 20.8. The number of hydrogen-bond acceptors (Lipinski definition) is 9. The van der Waals surface area contributed by atoms with E-state index in [4.69, 9.17) is 19.4 Å². The molecule has 6 heterocycles. The van der Waals surface area contributed by atoms with E-state index in [9.17, 15) is 13.2 Å². The number of piperidine rings is 1. The molecule has 0 spiro atoms. The number of hydrogen-bond donors (Lipinski definition) is 1. The highest BCUT2D eigenvalue weighted by Crippen LogP contribution is 2.31. The van der Waals surface area contributed by atoms with Gasteiger partial charge in [0.05, 0.1) is 42.1 Å². The third-order valence-corrected chi connectivity index (χ3v) is 7.90. The summed E-state index contributed by atoms with van der Waals surface area (Å²) in [6, 6.07) is 7.50. The van der Waals surface area contributed by atoms with Gasteiger partial charge in [0, 0.05) is 24.3 Å². The van der Waals surface area contributed by atoms with E-state index in [0.717, 1.165) is 61.7 Å². The Kier molecular flexibility index (Phi) is 8.21. The molecule has 226 valence electrons. The van der Waals surface area contributed by atoms with Crippen molar-refractivity contribution in [2.45, 2.75) is 57.5 Å². The van der Waals surface area contributed by atoms with Crippen LogP contribution < -0.4 is 4.74 Å². The van der Waals surface area contributed by atoms with E-state index >= 15 is 0 Å². The lowest BCUT2D eigenvalue weighted by Crippen LogP contribution is -2.35. The van der Waals surface area contributed by atoms with E-state index in [0.29, 0.717) is 37.0 Å². The third kappa shape index (κ3) is 6.44. The van der Waals surface area contributed by atoms with Crippen LogP contribution in [0.5, 0.6) is 5.88 Å². The molecule has 0 unspecified atom stereocenters. The van der Waals surface area contributed by atoms with Gasteiger partial charge >= 0.3 is 6.18 Å². The third-order valence-electron chi connectivity index (χ3n) is 7.90. The summed E-state index contributed by atoms with van der Waals surface area (Å²) >= 11 is 0. The van der Waals surface area contributed by atoms with Crippen LogP contribution in [0, 0.1) is 0 Å². The maximum Gasteiger partial charge on any atom is 0.451 e. The topological polar surface area (TPSA) is 119 Å². The zero-order valence-electron chi connectivity index (χ0n) is 23.7. The Bertz CT molecular complexity index is 1620. The van der Waals surface area contributed by atoms with Crippen LogP contribution in [0.2, 0.25) is 0 Å². The number of halogens is 3. The molecule has 0 radical (unpaired) electrons. The number of nitrogens with zero attached hydrogens (tertiary/aromatic N) is 8. The number of fused-ring (bicyclic) bond motifs is 1. The monoisotopic (exact) mass is 595 g/mol. The molecule has 2 fully saturated rings. The molecule has 0 amide bonds. The minimum atomic E-state index is -4.62. The smallest absolute Gasteiger partial charge is 0.451 e. The maximum absolute atomic E-state index is 13.0. The van der Waals surface area contributed by atoms with Gasteiger partial charge in [-0.05, 0) is 58.1 Å². The van der Waals surface area contributed by atoms with E-state index in [1.54, 1.807) is 12.3 Å². The number of nitrogens with one attached hydrogen (secondary N) is 1. The molecule has 11 nitrogen and oxygen atoms in total. The number of aromatic amines is 1. The van der Waals surface area contributed by atoms with Gasteiger partial charge < -0.3 is 14.0 Å². The number of allylic oxidation sites excluding steroid dienone is 1. The predicted octanol–water partition coefficient (Wildman–Crippen LogP) is 4.78. The van der Waals surface area contributed by atoms with Crippen LogP contribution in [0.1, 0.15) is 49.4 Å². The van der Waals surface area contributed by atoms with Gasteiger partial charge in [0.25, 0.3) is 0 Å². The minimum absolute atomic E-state index is 0.0932. The zero-order chi connectivity index (χ0) is 30.0. The normalized spacial score (nSPS) is 18.6. The Morgan fingerprint density at radius 3 is 2.70 bits per heavy atom. The van der Waals surface area contributed by atoms with Gasteiger partial charge in [0.15, 0.2) is 5.82 Å². The fourth-order valence-corrected chi connectivity index (χ4v) is 5.35. The molecule has 0 aliphatic carbocycles. The molecule has 0 saturated carbocycles. The van der Waals surface area contributed by atoms with Gasteiger partial charge in [-0.15, -0.1) is 0 Å². The van der Waals surface area contributed by atoms with Crippen molar-refractivity contribution in [1.29, 1.82) is 0 Å². The van der Waals surface area contributed by atoms with Crippen LogP contribution in [0.25, 0.3) is 22.6 Å². The van der Waals surface area contributed by atoms with Crippen molar-refractivity contribution < 1.29 is 22.6 Å². The Morgan fingerprint density at radius 2 is 2.02 bits per heavy atom. The highest BCUT2D eigenvalue weighted by Gasteiger charge is 2.35. The second-order valence-electron chi connectivity index (χ2n) is 10.7. The molecule has 1 atom stereocenters. The van der Waals surface area contributed by atoms with Crippen molar-refractivity contribution in [2.75, 3.05) is 26.3 Å². The highest BCUT2D eigenvalue weighted by molar-refractivity contribution is 5.78. The first-order valence-corrected chi connectivity index (χ1v) is 14.2. The molecule has 43 heavy (non-hydrogen) atoms. The second-order valence-corrected chi connectivity index (χ2v) is 10.7. The molecule has 4 aromatic heterocycles. The summed E-state index contributed by atoms with van der Waals surface area (Å²) < 4.78 is 52.7. The molecule has 2 saturated heterocycles. The summed E-state index contributed by atoms with van der Waals surface area (Å²) in [7, 11) is 0. The van der Waals surface area contributed by atoms with Crippen molar-refractivity contribution in [3.8, 4) is 17.4 Å². The van der Waals surface area contributed by atoms with Crippen LogP contribution >= 0.6 is 0 Å². The lowest BCUT2D eigenvalue weighted by atomic mass is 9.93. The Hall–Kier alpha value is -4.17. The van der Waals surface area contributed by atoms with Gasteiger partial charge in [-0.1, -0.05) is 12.1 Å². The molecular weight excluding hydrogens is 563 g/mol. The second kappa shape index (κ2) is 12.2. The fourth-order valence-electron chi connectivity index (χ4n) is 5.35. The largest absolute Gasteiger partial charge is 0.471 e. The number of likely N-dealkylation sites (tertiary alicyclic amines) is 1. The van der Waals surface area contributed by atoms with Crippen LogP contribution in [0.4, 0.5) is 13.2 Å². The van der Waals surface area contributed by atoms with Gasteiger partial charge in [0.1, 0.15) is 18.1 Å². The number of alkyl halides is 3. The van der Waals surface area contributed by atoms with Crippen LogP contribution in [0.15, 0.2) is 47.2 Å². The lowest BCUT2D eigenvalue weighted by Gasteiger charge is -2.32. The van der Waals surface area contributed by atoms with Gasteiger partial charge in [0.2, 0.25) is 11.7 Å². The molecule has 0 aromatic carbocycles. The fraction of sp³-hybridized carbons (Fsp3) is 0.448. The van der Waals surface area contributed by atoms with Crippen molar-refractivity contribution in [3.63, 3.8) is 0 Å². The Labute approximate surface area is 245 Å². The molecule has 4 aromatic rings. The van der Waals surface area contributed by atoms with Gasteiger partial charge in [-0.25, -0.2) is 15.0 Å². The van der Waals surface area contributed by atoms with Crippen LogP contribution in [0.3, 0.4) is 0 Å².